The van der Waals surface area contributed by atoms with Crippen molar-refractivity contribution in [2.75, 3.05) is 13.2 Å². The van der Waals surface area contributed by atoms with Gasteiger partial charge in [-0.25, -0.2) is 9.59 Å². The average molecular weight is 317 g/mol. The van der Waals surface area contributed by atoms with E-state index in [0.29, 0.717) is 19.1 Å². The van der Waals surface area contributed by atoms with Gasteiger partial charge >= 0.3 is 12.1 Å². The molecule has 23 heavy (non-hydrogen) atoms. The lowest BCUT2D eigenvalue weighted by molar-refractivity contribution is -0.149. The molecule has 3 rings (SSSR count). The number of rotatable bonds is 4. The molecule has 1 saturated heterocycles. The van der Waals surface area contributed by atoms with Gasteiger partial charge in [0.15, 0.2) is 0 Å². The Labute approximate surface area is 136 Å². The number of fused-ring (bicyclic) bond motifs is 1. The lowest BCUT2D eigenvalue weighted by Crippen LogP contribution is -2.46. The molecule has 5 nitrogen and oxygen atoms in total. The van der Waals surface area contributed by atoms with E-state index in [2.05, 4.69) is 13.8 Å². The van der Waals surface area contributed by atoms with Crippen LogP contribution in [0.5, 0.6) is 0 Å². The number of carbonyl (C=O) groups is 2. The number of benzene rings is 1. The fourth-order valence-corrected chi connectivity index (χ4v) is 3.77. The maximum absolute atomic E-state index is 12.4. The van der Waals surface area contributed by atoms with E-state index in [4.69, 9.17) is 9.47 Å². The molecule has 2 aliphatic rings. The first-order valence-corrected chi connectivity index (χ1v) is 8.10. The minimum atomic E-state index is -0.516. The zero-order valence-electron chi connectivity index (χ0n) is 13.8. The molecular formula is C18H23NO4. The van der Waals surface area contributed by atoms with Crippen molar-refractivity contribution in [1.29, 1.82) is 0 Å². The number of amides is 1. The second-order valence-corrected chi connectivity index (χ2v) is 6.84. The summed E-state index contributed by atoms with van der Waals surface area (Å²) in [7, 11) is 0. The molecule has 0 bridgehead atoms. The summed E-state index contributed by atoms with van der Waals surface area (Å²) in [5.74, 6) is 0.203. The quantitative estimate of drug-likeness (QED) is 0.801. The van der Waals surface area contributed by atoms with Crippen LogP contribution in [0.1, 0.15) is 26.3 Å². The molecule has 0 radical (unpaired) electrons. The molecular weight excluding hydrogens is 294 g/mol. The van der Waals surface area contributed by atoms with Crippen molar-refractivity contribution >= 4 is 12.1 Å². The zero-order valence-corrected chi connectivity index (χ0v) is 13.8. The van der Waals surface area contributed by atoms with Crippen molar-refractivity contribution in [3.63, 3.8) is 0 Å². The first-order valence-electron chi connectivity index (χ1n) is 8.10. The topological polar surface area (TPSA) is 55.8 Å². The van der Waals surface area contributed by atoms with Crippen molar-refractivity contribution in [3.05, 3.63) is 35.9 Å². The highest BCUT2D eigenvalue weighted by molar-refractivity contribution is 5.83. The molecule has 1 amide bonds. The van der Waals surface area contributed by atoms with E-state index in [9.17, 15) is 9.59 Å². The molecule has 5 heteroatoms. The Kier molecular flexibility index (Phi) is 4.04. The van der Waals surface area contributed by atoms with Gasteiger partial charge in [0.1, 0.15) is 12.6 Å². The van der Waals surface area contributed by atoms with Crippen LogP contribution in [0.15, 0.2) is 30.3 Å². The first kappa shape index (κ1) is 15.8. The summed E-state index contributed by atoms with van der Waals surface area (Å²) < 4.78 is 10.6. The van der Waals surface area contributed by atoms with Gasteiger partial charge in [-0.2, -0.15) is 0 Å². The molecule has 1 heterocycles. The van der Waals surface area contributed by atoms with Gasteiger partial charge in [-0.05, 0) is 23.8 Å². The fraction of sp³-hybridized carbons (Fsp3) is 0.556. The molecule has 1 aliphatic carbocycles. The summed E-state index contributed by atoms with van der Waals surface area (Å²) in [6, 6.07) is 9.01. The van der Waals surface area contributed by atoms with Crippen LogP contribution in [-0.2, 0) is 20.9 Å². The van der Waals surface area contributed by atoms with E-state index in [1.54, 1.807) is 11.8 Å². The Morgan fingerprint density at radius 3 is 2.57 bits per heavy atom. The van der Waals surface area contributed by atoms with E-state index >= 15 is 0 Å². The number of likely N-dealkylation sites (tertiary alicyclic amines) is 1. The average Bonchev–Trinajstić information content (AvgIpc) is 2.89. The monoisotopic (exact) mass is 317 g/mol. The van der Waals surface area contributed by atoms with Gasteiger partial charge < -0.3 is 9.47 Å². The van der Waals surface area contributed by atoms with Crippen LogP contribution in [0.4, 0.5) is 4.79 Å². The van der Waals surface area contributed by atoms with Gasteiger partial charge in [-0.3, -0.25) is 4.90 Å². The third-order valence-electron chi connectivity index (χ3n) is 5.18. The number of hydrogen-bond acceptors (Lipinski definition) is 4. The third kappa shape index (κ3) is 2.80. The largest absolute Gasteiger partial charge is 0.464 e. The predicted octanol–water partition coefficient (Wildman–Crippen LogP) is 2.84. The molecule has 0 aromatic heterocycles. The van der Waals surface area contributed by atoms with Crippen LogP contribution in [0.2, 0.25) is 0 Å². The zero-order chi connectivity index (χ0) is 16.6. The maximum atomic E-state index is 12.4. The lowest BCUT2D eigenvalue weighted by Gasteiger charge is -2.28. The second-order valence-electron chi connectivity index (χ2n) is 6.84. The van der Waals surface area contributed by atoms with Crippen molar-refractivity contribution < 1.29 is 19.1 Å². The van der Waals surface area contributed by atoms with Crippen molar-refractivity contribution in [3.8, 4) is 0 Å². The molecule has 1 saturated carbocycles. The van der Waals surface area contributed by atoms with Gasteiger partial charge in [-0.1, -0.05) is 44.2 Å². The Bertz CT molecular complexity index is 598. The molecule has 0 spiro atoms. The van der Waals surface area contributed by atoms with E-state index in [1.807, 2.05) is 30.3 Å². The van der Waals surface area contributed by atoms with E-state index in [1.165, 1.54) is 0 Å². The number of carbonyl (C=O) groups excluding carboxylic acids is 2. The van der Waals surface area contributed by atoms with Gasteiger partial charge in [0, 0.05) is 12.5 Å². The number of nitrogens with zero attached hydrogens (tertiary/aromatic N) is 1. The van der Waals surface area contributed by atoms with Crippen molar-refractivity contribution in [2.45, 2.75) is 33.4 Å². The van der Waals surface area contributed by atoms with Gasteiger partial charge in [0.25, 0.3) is 0 Å². The summed E-state index contributed by atoms with van der Waals surface area (Å²) >= 11 is 0. The smallest absolute Gasteiger partial charge is 0.410 e. The number of ether oxygens (including phenoxy) is 2. The van der Waals surface area contributed by atoms with Gasteiger partial charge in [0.05, 0.1) is 6.61 Å². The molecule has 1 aromatic carbocycles. The molecule has 0 unspecified atom stereocenters. The lowest BCUT2D eigenvalue weighted by atomic mass is 10.0. The maximum Gasteiger partial charge on any atom is 0.410 e. The Balaban J connectivity index is 1.66. The third-order valence-corrected chi connectivity index (χ3v) is 5.18. The minimum Gasteiger partial charge on any atom is -0.464 e. The standard InChI is InChI=1S/C18H23NO4/c1-4-22-16(20)15-14-13(18(14,2)3)10-19(15)17(21)23-11-12-8-6-5-7-9-12/h5-9,13-15H,4,10-11H2,1-3H3/t13-,14-,15-/m0/s1. The van der Waals surface area contributed by atoms with E-state index in [-0.39, 0.29) is 23.9 Å². The van der Waals surface area contributed by atoms with Crippen LogP contribution in [0.25, 0.3) is 0 Å². The number of piperidine rings is 1. The van der Waals surface area contributed by atoms with Crippen LogP contribution in [0, 0.1) is 17.3 Å². The summed E-state index contributed by atoms with van der Waals surface area (Å²) in [5, 5.41) is 0. The Morgan fingerprint density at radius 2 is 1.91 bits per heavy atom. The van der Waals surface area contributed by atoms with Gasteiger partial charge in [-0.15, -0.1) is 0 Å². The van der Waals surface area contributed by atoms with Crippen LogP contribution < -0.4 is 0 Å². The number of esters is 1. The second kappa shape index (κ2) is 5.87. The van der Waals surface area contributed by atoms with Crippen LogP contribution in [0.3, 0.4) is 0 Å². The molecule has 1 aliphatic heterocycles. The highest BCUT2D eigenvalue weighted by Gasteiger charge is 2.70. The fourth-order valence-electron chi connectivity index (χ4n) is 3.77. The van der Waals surface area contributed by atoms with Crippen LogP contribution >= 0.6 is 0 Å². The normalized spacial score (nSPS) is 27.3. The summed E-state index contributed by atoms with van der Waals surface area (Å²) in [6.07, 6.45) is -0.435. The highest BCUT2D eigenvalue weighted by Crippen LogP contribution is 2.65. The Hall–Kier alpha value is -2.04. The predicted molar refractivity (Wildman–Crippen MR) is 84.5 cm³/mol. The summed E-state index contributed by atoms with van der Waals surface area (Å²) in [6.45, 7) is 7.15. The molecule has 2 fully saturated rings. The van der Waals surface area contributed by atoms with Crippen molar-refractivity contribution in [1.82, 2.24) is 4.90 Å². The minimum absolute atomic E-state index is 0.0909. The first-order chi connectivity index (χ1) is 11.0. The van der Waals surface area contributed by atoms with E-state index in [0.717, 1.165) is 5.56 Å². The van der Waals surface area contributed by atoms with Gasteiger partial charge in [0.2, 0.25) is 0 Å². The number of hydrogen-bond donors (Lipinski definition) is 0. The molecule has 3 atom stereocenters. The molecule has 124 valence electrons. The Morgan fingerprint density at radius 1 is 1.22 bits per heavy atom. The SMILES string of the molecule is CCOC(=O)[C@@H]1[C@@H]2[C@H](CN1C(=O)OCc1ccccc1)C2(C)C. The van der Waals surface area contributed by atoms with Crippen LogP contribution in [-0.4, -0.2) is 36.2 Å². The highest BCUT2D eigenvalue weighted by atomic mass is 16.6. The van der Waals surface area contributed by atoms with E-state index < -0.39 is 12.1 Å². The van der Waals surface area contributed by atoms with Crippen molar-refractivity contribution in [2.24, 2.45) is 17.3 Å². The molecule has 0 N–H and O–H groups in total. The summed E-state index contributed by atoms with van der Waals surface area (Å²) in [5.41, 5.74) is 1.02. The summed E-state index contributed by atoms with van der Waals surface area (Å²) in [4.78, 5) is 26.2. The molecule has 1 aromatic rings.